The van der Waals surface area contributed by atoms with Gasteiger partial charge >= 0.3 is 0 Å². The largest absolute Gasteiger partial charge is 0.456 e. The summed E-state index contributed by atoms with van der Waals surface area (Å²) in [7, 11) is 1.84. The molecule has 0 unspecified atom stereocenters. The van der Waals surface area contributed by atoms with Gasteiger partial charge in [-0.3, -0.25) is 24.6 Å². The molecular formula is C15H10N4O3S. The van der Waals surface area contributed by atoms with Crippen LogP contribution in [0.4, 0.5) is 4.79 Å². The van der Waals surface area contributed by atoms with Crippen LogP contribution >= 0.6 is 11.8 Å². The van der Waals surface area contributed by atoms with Crippen molar-refractivity contribution < 1.29 is 14.0 Å². The molecule has 8 heteroatoms. The first-order valence-corrected chi connectivity index (χ1v) is 7.53. The molecule has 1 fully saturated rings. The number of hydrogen-bond acceptors (Lipinski definition) is 6. The van der Waals surface area contributed by atoms with E-state index in [0.717, 1.165) is 28.3 Å². The third-order valence-corrected chi connectivity index (χ3v) is 4.18. The summed E-state index contributed by atoms with van der Waals surface area (Å²) in [4.78, 5) is 27.3. The van der Waals surface area contributed by atoms with Gasteiger partial charge in [0.2, 0.25) is 0 Å². The minimum Gasteiger partial charge on any atom is -0.456 e. The number of aryl methyl sites for hydroxylation is 1. The molecule has 1 saturated heterocycles. The SMILES string of the molecule is Cn1cc(-c2cncc3cc(/C=C4\SC(=O)NC4=O)oc23)cn1. The monoisotopic (exact) mass is 326 g/mol. The summed E-state index contributed by atoms with van der Waals surface area (Å²) in [5, 5.41) is 6.80. The quantitative estimate of drug-likeness (QED) is 0.728. The van der Waals surface area contributed by atoms with Gasteiger partial charge in [-0.25, -0.2) is 0 Å². The van der Waals surface area contributed by atoms with Crippen LogP contribution in [0.1, 0.15) is 5.76 Å². The molecule has 23 heavy (non-hydrogen) atoms. The second-order valence-electron chi connectivity index (χ2n) is 5.01. The average molecular weight is 326 g/mol. The molecule has 1 N–H and O–H groups in total. The Morgan fingerprint density at radius 3 is 2.87 bits per heavy atom. The molecule has 1 aliphatic rings. The van der Waals surface area contributed by atoms with Crippen molar-refractivity contribution in [1.82, 2.24) is 20.1 Å². The molecule has 0 bridgehead atoms. The highest BCUT2D eigenvalue weighted by molar-refractivity contribution is 8.18. The van der Waals surface area contributed by atoms with E-state index in [1.807, 2.05) is 13.2 Å². The first-order valence-electron chi connectivity index (χ1n) is 6.71. The van der Waals surface area contributed by atoms with Gasteiger partial charge < -0.3 is 4.42 Å². The summed E-state index contributed by atoms with van der Waals surface area (Å²) in [6, 6.07) is 1.78. The standard InChI is InChI=1S/C15H10N4O3S/c1-19-7-9(5-17-19)11-6-16-4-8-2-10(22-13(8)11)3-12-14(20)18-15(21)23-12/h2-7H,1H3,(H,18,20,21)/b12-3-. The maximum atomic E-state index is 11.6. The van der Waals surface area contributed by atoms with Crippen molar-refractivity contribution in [3.63, 3.8) is 0 Å². The van der Waals surface area contributed by atoms with Gasteiger partial charge in [-0.05, 0) is 17.8 Å². The molecule has 4 heterocycles. The second kappa shape index (κ2) is 5.10. The number of furan rings is 1. The highest BCUT2D eigenvalue weighted by Gasteiger charge is 2.25. The van der Waals surface area contributed by atoms with Gasteiger partial charge in [0.25, 0.3) is 11.1 Å². The van der Waals surface area contributed by atoms with Crippen LogP contribution in [-0.4, -0.2) is 25.9 Å². The summed E-state index contributed by atoms with van der Waals surface area (Å²) in [6.45, 7) is 0. The normalized spacial score (nSPS) is 16.5. The zero-order valence-electron chi connectivity index (χ0n) is 11.9. The van der Waals surface area contributed by atoms with Crippen molar-refractivity contribution in [2.75, 3.05) is 0 Å². The van der Waals surface area contributed by atoms with Crippen molar-refractivity contribution in [1.29, 1.82) is 0 Å². The van der Waals surface area contributed by atoms with E-state index >= 15 is 0 Å². The van der Waals surface area contributed by atoms with Gasteiger partial charge in [-0.2, -0.15) is 5.10 Å². The van der Waals surface area contributed by atoms with E-state index in [9.17, 15) is 9.59 Å². The molecule has 0 saturated carbocycles. The van der Waals surface area contributed by atoms with Gasteiger partial charge in [0.15, 0.2) is 0 Å². The van der Waals surface area contributed by atoms with E-state index in [-0.39, 0.29) is 5.24 Å². The average Bonchev–Trinajstić information content (AvgIpc) is 3.18. The van der Waals surface area contributed by atoms with Gasteiger partial charge in [-0.15, -0.1) is 0 Å². The predicted molar refractivity (Wildman–Crippen MR) is 85.3 cm³/mol. The lowest BCUT2D eigenvalue weighted by Crippen LogP contribution is -2.17. The van der Waals surface area contributed by atoms with Crippen LogP contribution in [0.3, 0.4) is 0 Å². The minimum absolute atomic E-state index is 0.310. The fourth-order valence-corrected chi connectivity index (χ4v) is 3.03. The predicted octanol–water partition coefficient (Wildman–Crippen LogP) is 2.55. The zero-order valence-corrected chi connectivity index (χ0v) is 12.8. The van der Waals surface area contributed by atoms with Crippen molar-refractivity contribution in [3.8, 4) is 11.1 Å². The Kier molecular flexibility index (Phi) is 3.05. The summed E-state index contributed by atoms with van der Waals surface area (Å²) in [5.74, 6) is 0.0801. The van der Waals surface area contributed by atoms with E-state index in [1.54, 1.807) is 35.4 Å². The van der Waals surface area contributed by atoms with Crippen LogP contribution in [0.25, 0.3) is 28.2 Å². The lowest BCUT2D eigenvalue weighted by molar-refractivity contribution is -0.115. The number of thioether (sulfide) groups is 1. The molecule has 7 nitrogen and oxygen atoms in total. The molecule has 0 aromatic carbocycles. The Labute approximate surface area is 134 Å². The topological polar surface area (TPSA) is 90.0 Å². The van der Waals surface area contributed by atoms with Gasteiger partial charge in [-0.1, -0.05) is 0 Å². The number of fused-ring (bicyclic) bond motifs is 1. The van der Waals surface area contributed by atoms with E-state index in [4.69, 9.17) is 4.42 Å². The van der Waals surface area contributed by atoms with Crippen LogP contribution in [0.15, 0.2) is 40.2 Å². The van der Waals surface area contributed by atoms with Gasteiger partial charge in [0.1, 0.15) is 11.3 Å². The summed E-state index contributed by atoms with van der Waals surface area (Å²) < 4.78 is 7.55. The van der Waals surface area contributed by atoms with Crippen LogP contribution in [0.2, 0.25) is 0 Å². The number of nitrogens with zero attached hydrogens (tertiary/aromatic N) is 3. The summed E-state index contributed by atoms with van der Waals surface area (Å²) in [5.41, 5.74) is 2.37. The molecule has 4 rings (SSSR count). The molecule has 0 spiro atoms. The van der Waals surface area contributed by atoms with Crippen LogP contribution in [-0.2, 0) is 11.8 Å². The third kappa shape index (κ3) is 2.42. The number of carbonyl (C=O) groups is 2. The maximum Gasteiger partial charge on any atom is 0.290 e. The molecule has 3 aromatic heterocycles. The van der Waals surface area contributed by atoms with Crippen molar-refractivity contribution in [3.05, 3.63) is 41.5 Å². The fourth-order valence-electron chi connectivity index (χ4n) is 2.37. The molecule has 114 valence electrons. The molecular weight excluding hydrogens is 316 g/mol. The molecule has 0 radical (unpaired) electrons. The number of aromatic nitrogens is 3. The Morgan fingerprint density at radius 1 is 1.30 bits per heavy atom. The van der Waals surface area contributed by atoms with Crippen LogP contribution in [0, 0.1) is 0 Å². The molecule has 1 aliphatic heterocycles. The van der Waals surface area contributed by atoms with E-state index < -0.39 is 5.91 Å². The van der Waals surface area contributed by atoms with Gasteiger partial charge in [0, 0.05) is 48.2 Å². The third-order valence-electron chi connectivity index (χ3n) is 3.37. The number of nitrogens with one attached hydrogen (secondary N) is 1. The fraction of sp³-hybridized carbons (Fsp3) is 0.0667. The minimum atomic E-state index is -0.411. The number of pyridine rings is 1. The van der Waals surface area contributed by atoms with Gasteiger partial charge in [0.05, 0.1) is 11.1 Å². The molecule has 0 atom stereocenters. The molecule has 3 aromatic rings. The number of hydrogen-bond donors (Lipinski definition) is 1. The second-order valence-corrected chi connectivity index (χ2v) is 6.02. The zero-order chi connectivity index (χ0) is 16.0. The van der Waals surface area contributed by atoms with Crippen molar-refractivity contribution in [2.45, 2.75) is 0 Å². The van der Waals surface area contributed by atoms with E-state index in [1.165, 1.54) is 0 Å². The highest BCUT2D eigenvalue weighted by atomic mass is 32.2. The maximum absolute atomic E-state index is 11.6. The highest BCUT2D eigenvalue weighted by Crippen LogP contribution is 2.32. The number of imide groups is 1. The van der Waals surface area contributed by atoms with E-state index in [2.05, 4.69) is 15.4 Å². The van der Waals surface area contributed by atoms with Crippen molar-refractivity contribution >= 4 is 40.0 Å². The number of carbonyl (C=O) groups excluding carboxylic acids is 2. The summed E-state index contributed by atoms with van der Waals surface area (Å²) >= 11 is 0.855. The first-order chi connectivity index (χ1) is 11.1. The molecule has 0 aliphatic carbocycles. The first kappa shape index (κ1) is 13.8. The van der Waals surface area contributed by atoms with E-state index in [0.29, 0.717) is 16.2 Å². The summed E-state index contributed by atoms with van der Waals surface area (Å²) in [6.07, 6.45) is 8.55. The number of rotatable bonds is 2. The van der Waals surface area contributed by atoms with Crippen molar-refractivity contribution in [2.24, 2.45) is 7.05 Å². The smallest absolute Gasteiger partial charge is 0.290 e. The lowest BCUT2D eigenvalue weighted by Gasteiger charge is -1.97. The Hall–Kier alpha value is -2.87. The number of amides is 2. The van der Waals surface area contributed by atoms with Crippen LogP contribution < -0.4 is 5.32 Å². The Balaban J connectivity index is 1.81. The Bertz CT molecular complexity index is 986. The lowest BCUT2D eigenvalue weighted by atomic mass is 10.1. The Morgan fingerprint density at radius 2 is 2.17 bits per heavy atom. The van der Waals surface area contributed by atoms with Crippen LogP contribution in [0.5, 0.6) is 0 Å². The molecule has 2 amide bonds.